The van der Waals surface area contributed by atoms with Crippen molar-refractivity contribution in [2.75, 3.05) is 13.2 Å². The van der Waals surface area contributed by atoms with Gasteiger partial charge in [0.1, 0.15) is 6.61 Å². The third kappa shape index (κ3) is 44.3. The fourth-order valence-corrected chi connectivity index (χ4v) is 6.15. The lowest BCUT2D eigenvalue weighted by molar-refractivity contribution is -0.161. The summed E-state index contributed by atoms with van der Waals surface area (Å²) in [6.07, 6.45) is 47.9. The van der Waals surface area contributed by atoms with Gasteiger partial charge in [-0.2, -0.15) is 0 Å². The van der Waals surface area contributed by atoms with Gasteiger partial charge in [0.25, 0.3) is 0 Å². The molecular formula is C45H79O9P. The van der Waals surface area contributed by atoms with Gasteiger partial charge in [-0.05, 0) is 90.4 Å². The van der Waals surface area contributed by atoms with Gasteiger partial charge >= 0.3 is 19.8 Å². The molecular weight excluding hydrogens is 715 g/mol. The van der Waals surface area contributed by atoms with E-state index in [0.717, 1.165) is 57.8 Å². The number of phosphoric acid groups is 1. The van der Waals surface area contributed by atoms with Gasteiger partial charge < -0.3 is 24.4 Å². The molecule has 0 aliphatic rings. The number of allylic oxidation sites excluding steroid dienone is 10. The summed E-state index contributed by atoms with van der Waals surface area (Å²) in [5.74, 6) is -0.970. The van der Waals surface area contributed by atoms with E-state index in [0.29, 0.717) is 19.3 Å². The van der Waals surface area contributed by atoms with E-state index in [2.05, 4.69) is 60.1 Å². The average Bonchev–Trinajstić information content (AvgIpc) is 3.14. The van der Waals surface area contributed by atoms with Crippen LogP contribution in [0.2, 0.25) is 0 Å². The van der Waals surface area contributed by atoms with Gasteiger partial charge in [-0.15, -0.1) is 0 Å². The maximum atomic E-state index is 12.4. The molecule has 0 spiro atoms. The molecule has 0 amide bonds. The summed E-state index contributed by atoms with van der Waals surface area (Å²) in [6.45, 7) is 3.19. The molecule has 0 heterocycles. The Bertz CT molecular complexity index is 1090. The lowest BCUT2D eigenvalue weighted by Gasteiger charge is -2.18. The van der Waals surface area contributed by atoms with E-state index in [-0.39, 0.29) is 25.6 Å². The molecule has 0 bridgehead atoms. The largest absolute Gasteiger partial charge is 0.469 e. The first-order valence-electron chi connectivity index (χ1n) is 21.6. The molecule has 2 atom stereocenters. The highest BCUT2D eigenvalue weighted by Gasteiger charge is 2.22. The van der Waals surface area contributed by atoms with Crippen molar-refractivity contribution < 1.29 is 43.0 Å². The van der Waals surface area contributed by atoms with Gasteiger partial charge in [-0.1, -0.05) is 145 Å². The molecule has 0 radical (unpaired) electrons. The molecule has 10 heteroatoms. The molecule has 0 saturated heterocycles. The number of carbonyl (C=O) groups excluding carboxylic acids is 2. The van der Waals surface area contributed by atoms with Gasteiger partial charge in [0.15, 0.2) is 6.10 Å². The molecule has 0 fully saturated rings. The average molecular weight is 795 g/mol. The zero-order chi connectivity index (χ0) is 40.5. The standard InChI is InChI=1S/C45H79O9P/c1-3-4-5-6-7-8-9-10-11-12-13-14-17-20-23-26-29-32-35-38-44(47)52-40-43(41-53-55(49,50)51)54-45(48)39-36-33-30-27-24-21-18-15-16-19-22-25-28-31-34-37-42(2)46/h10-11,16,18-19,21,25,27-28,30,42-43,46H,3-9,12-15,17,20,22-24,26,29,31-41H2,1-2H3,(H2,49,50,51)/b11-10-,19-16-,21-18-,28-25-,30-27-/t42-,43+/m0/s1. The number of ether oxygens (including phenoxy) is 2. The monoisotopic (exact) mass is 795 g/mol. The second-order valence-electron chi connectivity index (χ2n) is 14.6. The van der Waals surface area contributed by atoms with Crippen molar-refractivity contribution in [3.63, 3.8) is 0 Å². The van der Waals surface area contributed by atoms with Crippen LogP contribution in [-0.4, -0.2) is 52.3 Å². The summed E-state index contributed by atoms with van der Waals surface area (Å²) < 4.78 is 26.3. The lowest BCUT2D eigenvalue weighted by Crippen LogP contribution is -2.29. The number of phosphoric ester groups is 1. The fraction of sp³-hybridized carbons (Fsp3) is 0.733. The number of hydrogen-bond donors (Lipinski definition) is 3. The predicted molar refractivity (Wildman–Crippen MR) is 227 cm³/mol. The number of aliphatic hydroxyl groups excluding tert-OH is 1. The van der Waals surface area contributed by atoms with Crippen molar-refractivity contribution in [1.82, 2.24) is 0 Å². The molecule has 0 aliphatic carbocycles. The third-order valence-corrected chi connectivity index (χ3v) is 9.51. The number of hydrogen-bond acceptors (Lipinski definition) is 7. The molecule has 0 aliphatic heterocycles. The van der Waals surface area contributed by atoms with E-state index < -0.39 is 32.5 Å². The van der Waals surface area contributed by atoms with E-state index in [1.807, 2.05) is 19.1 Å². The first-order chi connectivity index (χ1) is 26.6. The first-order valence-corrected chi connectivity index (χ1v) is 23.1. The number of carbonyl (C=O) groups is 2. The van der Waals surface area contributed by atoms with Gasteiger partial charge in [0.05, 0.1) is 12.7 Å². The highest BCUT2D eigenvalue weighted by atomic mass is 31.2. The van der Waals surface area contributed by atoms with Crippen LogP contribution in [0.1, 0.15) is 187 Å². The summed E-state index contributed by atoms with van der Waals surface area (Å²) in [4.78, 5) is 42.9. The van der Waals surface area contributed by atoms with Crippen molar-refractivity contribution in [3.05, 3.63) is 60.8 Å². The lowest BCUT2D eigenvalue weighted by atomic mass is 10.1. The van der Waals surface area contributed by atoms with Crippen LogP contribution < -0.4 is 0 Å². The Labute approximate surface area is 335 Å². The summed E-state index contributed by atoms with van der Waals surface area (Å²) >= 11 is 0. The second-order valence-corrected chi connectivity index (χ2v) is 15.8. The van der Waals surface area contributed by atoms with E-state index >= 15 is 0 Å². The van der Waals surface area contributed by atoms with Gasteiger partial charge in [-0.25, -0.2) is 4.57 Å². The molecule has 318 valence electrons. The second kappa shape index (κ2) is 39.9. The summed E-state index contributed by atoms with van der Waals surface area (Å²) in [5.41, 5.74) is 0. The quantitative estimate of drug-likeness (QED) is 0.0240. The minimum Gasteiger partial charge on any atom is -0.462 e. The van der Waals surface area contributed by atoms with Crippen molar-refractivity contribution in [2.24, 2.45) is 0 Å². The van der Waals surface area contributed by atoms with Crippen LogP contribution in [0.25, 0.3) is 0 Å². The Morgan fingerprint density at radius 1 is 0.545 bits per heavy atom. The Morgan fingerprint density at radius 3 is 1.47 bits per heavy atom. The fourth-order valence-electron chi connectivity index (χ4n) is 5.79. The third-order valence-electron chi connectivity index (χ3n) is 9.03. The van der Waals surface area contributed by atoms with Crippen LogP contribution in [0.15, 0.2) is 60.8 Å². The minimum atomic E-state index is -4.78. The molecule has 55 heavy (non-hydrogen) atoms. The molecule has 0 aromatic carbocycles. The summed E-state index contributed by atoms with van der Waals surface area (Å²) in [6, 6.07) is 0. The van der Waals surface area contributed by atoms with Crippen molar-refractivity contribution in [3.8, 4) is 0 Å². The summed E-state index contributed by atoms with van der Waals surface area (Å²) in [5, 5.41) is 9.25. The van der Waals surface area contributed by atoms with Crippen molar-refractivity contribution in [2.45, 2.75) is 199 Å². The van der Waals surface area contributed by atoms with Gasteiger partial charge in [0.2, 0.25) is 0 Å². The predicted octanol–water partition coefficient (Wildman–Crippen LogP) is 12.3. The highest BCUT2D eigenvalue weighted by molar-refractivity contribution is 7.46. The molecule has 9 nitrogen and oxygen atoms in total. The Balaban J connectivity index is 4.00. The molecule has 0 unspecified atom stereocenters. The van der Waals surface area contributed by atoms with Crippen molar-refractivity contribution >= 4 is 19.8 Å². The van der Waals surface area contributed by atoms with E-state index in [4.69, 9.17) is 19.3 Å². The number of aliphatic hydroxyl groups is 1. The maximum Gasteiger partial charge on any atom is 0.469 e. The van der Waals surface area contributed by atoms with Crippen LogP contribution >= 0.6 is 7.82 Å². The van der Waals surface area contributed by atoms with E-state index in [9.17, 15) is 19.3 Å². The van der Waals surface area contributed by atoms with E-state index in [1.54, 1.807) is 0 Å². The smallest absolute Gasteiger partial charge is 0.462 e. The number of rotatable bonds is 39. The zero-order valence-corrected chi connectivity index (χ0v) is 35.6. The highest BCUT2D eigenvalue weighted by Crippen LogP contribution is 2.36. The van der Waals surface area contributed by atoms with Crippen LogP contribution in [0.4, 0.5) is 0 Å². The Hall–Kier alpha value is -2.29. The maximum absolute atomic E-state index is 12.4. The molecule has 0 rings (SSSR count). The normalized spacial score (nSPS) is 13.6. The topological polar surface area (TPSA) is 140 Å². The minimum absolute atomic E-state index is 0.122. The molecule has 0 aromatic rings. The zero-order valence-electron chi connectivity index (χ0n) is 34.7. The van der Waals surface area contributed by atoms with Crippen LogP contribution in [0, 0.1) is 0 Å². The van der Waals surface area contributed by atoms with Crippen LogP contribution in [0.3, 0.4) is 0 Å². The SMILES string of the molecule is CCCCCCCC/C=C\CCCCCCCCCCCC(=O)OC[C@H](COP(=O)(O)O)OC(=O)CCC/C=C\C/C=C\C/C=C\C/C=C\CCC[C@H](C)O. The Kier molecular flexibility index (Phi) is 38.3. The van der Waals surface area contributed by atoms with Crippen LogP contribution in [0.5, 0.6) is 0 Å². The van der Waals surface area contributed by atoms with Crippen molar-refractivity contribution in [1.29, 1.82) is 0 Å². The molecule has 0 saturated carbocycles. The number of esters is 2. The molecule has 3 N–H and O–H groups in total. The van der Waals surface area contributed by atoms with Crippen LogP contribution in [-0.2, 0) is 28.2 Å². The first kappa shape index (κ1) is 52.7. The summed E-state index contributed by atoms with van der Waals surface area (Å²) in [7, 11) is -4.78. The van der Waals surface area contributed by atoms with Gasteiger partial charge in [0, 0.05) is 12.8 Å². The Morgan fingerprint density at radius 2 is 0.964 bits per heavy atom. The molecule has 0 aromatic heterocycles. The van der Waals surface area contributed by atoms with E-state index in [1.165, 1.54) is 83.5 Å². The van der Waals surface area contributed by atoms with Gasteiger partial charge in [-0.3, -0.25) is 14.1 Å². The number of unbranched alkanes of at least 4 members (excludes halogenated alkanes) is 17.